The molecule has 1 heterocycles. The van der Waals surface area contributed by atoms with Crippen molar-refractivity contribution in [3.05, 3.63) is 47.2 Å². The minimum absolute atomic E-state index is 0.0668. The zero-order chi connectivity index (χ0) is 18.5. The van der Waals surface area contributed by atoms with Gasteiger partial charge in [-0.15, -0.1) is 0 Å². The molecule has 0 atom stereocenters. The molecule has 2 N–H and O–H groups in total. The Hall–Kier alpha value is -2.73. The highest BCUT2D eigenvalue weighted by molar-refractivity contribution is 6.29. The zero-order valence-electron chi connectivity index (χ0n) is 14.6. The first kappa shape index (κ1) is 18.1. The smallest absolute Gasteiger partial charge is 0.224 e. The summed E-state index contributed by atoms with van der Waals surface area (Å²) in [6, 6.07) is 11.1. The highest BCUT2D eigenvalue weighted by atomic mass is 35.5. The predicted octanol–water partition coefficient (Wildman–Crippen LogP) is 4.19. The van der Waals surface area contributed by atoms with Gasteiger partial charge in [0, 0.05) is 12.1 Å². The number of halogens is 1. The van der Waals surface area contributed by atoms with E-state index in [2.05, 4.69) is 15.3 Å². The number of H-pyrrole nitrogens is 1. The molecule has 0 aliphatic carbocycles. The van der Waals surface area contributed by atoms with Gasteiger partial charge in [-0.2, -0.15) is 0 Å². The van der Waals surface area contributed by atoms with Crippen LogP contribution in [-0.4, -0.2) is 29.6 Å². The van der Waals surface area contributed by atoms with Crippen LogP contribution in [0, 0.1) is 0 Å². The number of amides is 1. The number of aromatic nitrogens is 2. The van der Waals surface area contributed by atoms with Gasteiger partial charge >= 0.3 is 0 Å². The van der Waals surface area contributed by atoms with E-state index in [1.807, 2.05) is 37.3 Å². The van der Waals surface area contributed by atoms with Gasteiger partial charge in [0.2, 0.25) is 11.2 Å². The SMILES string of the molecule is CCOc1ccc(CCC(=O)Nc2ccc3nc(Cl)[nH]c3c2)cc1OC. The van der Waals surface area contributed by atoms with Crippen molar-refractivity contribution in [2.24, 2.45) is 0 Å². The van der Waals surface area contributed by atoms with Crippen LogP contribution in [0.4, 0.5) is 5.69 Å². The Kier molecular flexibility index (Phi) is 5.63. The monoisotopic (exact) mass is 373 g/mol. The van der Waals surface area contributed by atoms with E-state index >= 15 is 0 Å². The van der Waals surface area contributed by atoms with Gasteiger partial charge in [0.05, 0.1) is 24.8 Å². The second-order valence-corrected chi connectivity index (χ2v) is 6.08. The second kappa shape index (κ2) is 8.10. The number of hydrogen-bond acceptors (Lipinski definition) is 4. The van der Waals surface area contributed by atoms with Crippen molar-refractivity contribution < 1.29 is 14.3 Å². The number of nitrogens with zero attached hydrogens (tertiary/aromatic N) is 1. The van der Waals surface area contributed by atoms with Crippen LogP contribution < -0.4 is 14.8 Å². The number of aryl methyl sites for hydroxylation is 1. The number of benzene rings is 2. The lowest BCUT2D eigenvalue weighted by molar-refractivity contribution is -0.116. The Balaban J connectivity index is 1.61. The fourth-order valence-electron chi connectivity index (χ4n) is 2.68. The number of nitrogens with one attached hydrogen (secondary N) is 2. The van der Waals surface area contributed by atoms with Crippen LogP contribution in [0.15, 0.2) is 36.4 Å². The van der Waals surface area contributed by atoms with Crippen LogP contribution in [0.2, 0.25) is 5.28 Å². The number of hydrogen-bond donors (Lipinski definition) is 2. The van der Waals surface area contributed by atoms with Crippen molar-refractivity contribution in [1.82, 2.24) is 9.97 Å². The van der Waals surface area contributed by atoms with E-state index in [1.54, 1.807) is 13.2 Å². The zero-order valence-corrected chi connectivity index (χ0v) is 15.4. The molecule has 2 aromatic carbocycles. The van der Waals surface area contributed by atoms with Crippen molar-refractivity contribution in [2.75, 3.05) is 19.0 Å². The van der Waals surface area contributed by atoms with Gasteiger partial charge in [0.1, 0.15) is 0 Å². The lowest BCUT2D eigenvalue weighted by atomic mass is 10.1. The first-order chi connectivity index (χ1) is 12.6. The molecule has 3 aromatic rings. The van der Waals surface area contributed by atoms with E-state index in [9.17, 15) is 4.79 Å². The summed E-state index contributed by atoms with van der Waals surface area (Å²) in [4.78, 5) is 19.3. The first-order valence-corrected chi connectivity index (χ1v) is 8.71. The lowest BCUT2D eigenvalue weighted by Gasteiger charge is -2.11. The summed E-state index contributed by atoms with van der Waals surface area (Å²) in [5.74, 6) is 1.31. The summed E-state index contributed by atoms with van der Waals surface area (Å²) < 4.78 is 10.8. The van der Waals surface area contributed by atoms with Gasteiger partial charge < -0.3 is 19.8 Å². The summed E-state index contributed by atoms with van der Waals surface area (Å²) in [5.41, 5.74) is 3.25. The van der Waals surface area contributed by atoms with Crippen LogP contribution in [0.25, 0.3) is 11.0 Å². The number of ether oxygens (including phenoxy) is 2. The molecule has 26 heavy (non-hydrogen) atoms. The molecule has 0 radical (unpaired) electrons. The molecule has 0 saturated carbocycles. The molecule has 6 nitrogen and oxygen atoms in total. The molecule has 0 unspecified atom stereocenters. The summed E-state index contributed by atoms with van der Waals surface area (Å²) in [7, 11) is 1.60. The fourth-order valence-corrected chi connectivity index (χ4v) is 2.87. The Labute approximate surface area is 156 Å². The van der Waals surface area contributed by atoms with Gasteiger partial charge in [-0.05, 0) is 60.8 Å². The maximum absolute atomic E-state index is 12.2. The quantitative estimate of drug-likeness (QED) is 0.651. The van der Waals surface area contributed by atoms with Gasteiger partial charge in [-0.1, -0.05) is 6.07 Å². The minimum atomic E-state index is -0.0668. The number of rotatable bonds is 7. The summed E-state index contributed by atoms with van der Waals surface area (Å²) in [5, 5.41) is 3.21. The lowest BCUT2D eigenvalue weighted by Crippen LogP contribution is -2.12. The third kappa shape index (κ3) is 4.26. The number of carbonyl (C=O) groups is 1. The molecule has 1 aromatic heterocycles. The minimum Gasteiger partial charge on any atom is -0.493 e. The summed E-state index contributed by atoms with van der Waals surface area (Å²) in [6.45, 7) is 2.50. The first-order valence-electron chi connectivity index (χ1n) is 8.34. The van der Waals surface area contributed by atoms with Gasteiger partial charge in [0.25, 0.3) is 0 Å². The number of carbonyl (C=O) groups excluding carboxylic acids is 1. The van der Waals surface area contributed by atoms with Crippen LogP contribution in [0.1, 0.15) is 18.9 Å². The molecule has 0 saturated heterocycles. The molecular weight excluding hydrogens is 354 g/mol. The van der Waals surface area contributed by atoms with Crippen molar-refractivity contribution in [2.45, 2.75) is 19.8 Å². The highest BCUT2D eigenvalue weighted by Crippen LogP contribution is 2.28. The number of imidazole rings is 1. The average molecular weight is 374 g/mol. The normalized spacial score (nSPS) is 10.7. The molecule has 3 rings (SSSR count). The maximum Gasteiger partial charge on any atom is 0.224 e. The Morgan fingerprint density at radius 2 is 2.08 bits per heavy atom. The molecule has 0 aliphatic rings. The predicted molar refractivity (Wildman–Crippen MR) is 102 cm³/mol. The van der Waals surface area contributed by atoms with Crippen LogP contribution in [0.3, 0.4) is 0 Å². The molecule has 0 bridgehead atoms. The second-order valence-electron chi connectivity index (χ2n) is 5.73. The fraction of sp³-hybridized carbons (Fsp3) is 0.263. The van der Waals surface area contributed by atoms with Gasteiger partial charge in [0.15, 0.2) is 11.5 Å². The van der Waals surface area contributed by atoms with E-state index in [4.69, 9.17) is 21.1 Å². The van der Waals surface area contributed by atoms with E-state index in [0.29, 0.717) is 41.9 Å². The van der Waals surface area contributed by atoms with Gasteiger partial charge in [-0.25, -0.2) is 4.98 Å². The average Bonchev–Trinajstić information content (AvgIpc) is 3.00. The molecule has 7 heteroatoms. The number of fused-ring (bicyclic) bond motifs is 1. The maximum atomic E-state index is 12.2. The van der Waals surface area contributed by atoms with E-state index in [0.717, 1.165) is 16.6 Å². The highest BCUT2D eigenvalue weighted by Gasteiger charge is 2.09. The van der Waals surface area contributed by atoms with Crippen LogP contribution in [0.5, 0.6) is 11.5 Å². The van der Waals surface area contributed by atoms with Crippen molar-refractivity contribution in [3.8, 4) is 11.5 Å². The Bertz CT molecular complexity index is 924. The Morgan fingerprint density at radius 1 is 1.23 bits per heavy atom. The standard InChI is InChI=1S/C19H20ClN3O3/c1-3-26-16-8-4-12(10-17(16)25-2)5-9-18(24)21-13-6-7-14-15(11-13)23-19(20)22-14/h4,6-8,10-11H,3,5,9H2,1-2H3,(H,21,24)(H,22,23). The summed E-state index contributed by atoms with van der Waals surface area (Å²) in [6.07, 6.45) is 0.964. The molecule has 0 aliphatic heterocycles. The third-order valence-electron chi connectivity index (χ3n) is 3.91. The number of anilines is 1. The summed E-state index contributed by atoms with van der Waals surface area (Å²) >= 11 is 5.84. The van der Waals surface area contributed by atoms with Crippen molar-refractivity contribution in [1.29, 1.82) is 0 Å². The van der Waals surface area contributed by atoms with Crippen molar-refractivity contribution >= 4 is 34.2 Å². The van der Waals surface area contributed by atoms with Crippen LogP contribution >= 0.6 is 11.6 Å². The number of methoxy groups -OCH3 is 1. The molecule has 136 valence electrons. The van der Waals surface area contributed by atoms with Gasteiger partial charge in [-0.3, -0.25) is 4.79 Å². The van der Waals surface area contributed by atoms with E-state index in [1.165, 1.54) is 0 Å². The largest absolute Gasteiger partial charge is 0.493 e. The molecular formula is C19H20ClN3O3. The van der Waals surface area contributed by atoms with Crippen molar-refractivity contribution in [3.63, 3.8) is 0 Å². The van der Waals surface area contributed by atoms with E-state index < -0.39 is 0 Å². The molecule has 0 spiro atoms. The molecule has 0 fully saturated rings. The van der Waals surface area contributed by atoms with E-state index in [-0.39, 0.29) is 5.91 Å². The van der Waals surface area contributed by atoms with Crippen LogP contribution in [-0.2, 0) is 11.2 Å². The molecule has 1 amide bonds. The topological polar surface area (TPSA) is 76.2 Å². The third-order valence-corrected chi connectivity index (χ3v) is 4.08. The number of aromatic amines is 1. The Morgan fingerprint density at radius 3 is 2.85 bits per heavy atom.